The summed E-state index contributed by atoms with van der Waals surface area (Å²) in [5.41, 5.74) is -4.29. The minimum absolute atomic E-state index is 0.0160. The Labute approximate surface area is 244 Å². The molecule has 42 heavy (non-hydrogen) atoms. The van der Waals surface area contributed by atoms with Crippen LogP contribution < -0.4 is 8.61 Å². The monoisotopic (exact) mass is 626 g/mol. The Hall–Kier alpha value is -3.19. The molecule has 1 aromatic heterocycles. The first-order chi connectivity index (χ1) is 19.4. The van der Waals surface area contributed by atoms with Crippen molar-refractivity contribution in [3.63, 3.8) is 0 Å². The topological polar surface area (TPSA) is 85.8 Å². The largest absolute Gasteiger partial charge is 0.541 e. The highest BCUT2D eigenvalue weighted by Crippen LogP contribution is 2.50. The van der Waals surface area contributed by atoms with E-state index in [9.17, 15) is 30.8 Å². The minimum Gasteiger partial charge on any atom is -0.541 e. The summed E-state index contributed by atoms with van der Waals surface area (Å²) in [6, 6.07) is 7.17. The fourth-order valence-electron chi connectivity index (χ4n) is 6.09. The van der Waals surface area contributed by atoms with Gasteiger partial charge in [-0.05, 0) is 52.4 Å². The maximum absolute atomic E-state index is 13.5. The molecule has 2 aromatic carbocycles. The van der Waals surface area contributed by atoms with Crippen molar-refractivity contribution in [3.05, 3.63) is 64.6 Å². The predicted molar refractivity (Wildman–Crippen MR) is 154 cm³/mol. The Balaban J connectivity index is 2.06. The van der Waals surface area contributed by atoms with Crippen molar-refractivity contribution in [3.8, 4) is 11.5 Å². The maximum Gasteiger partial charge on any atom is 0.534 e. The van der Waals surface area contributed by atoms with Crippen LogP contribution in [0.4, 0.5) is 17.6 Å². The average Bonchev–Trinajstić information content (AvgIpc) is 3.17. The molecule has 0 saturated carbocycles. The van der Waals surface area contributed by atoms with Crippen molar-refractivity contribution in [2.45, 2.75) is 76.6 Å². The van der Waals surface area contributed by atoms with E-state index >= 15 is 0 Å². The summed E-state index contributed by atoms with van der Waals surface area (Å²) in [7, 11) is -7.37. The van der Waals surface area contributed by atoms with Crippen LogP contribution in [0, 0.1) is 5.82 Å². The second-order valence-corrected chi connectivity index (χ2v) is 18.5. The third-order valence-corrected chi connectivity index (χ3v) is 14.9. The molecule has 228 valence electrons. The van der Waals surface area contributed by atoms with E-state index in [1.807, 2.05) is 41.5 Å². The van der Waals surface area contributed by atoms with Crippen molar-refractivity contribution in [2.75, 3.05) is 7.05 Å². The fourth-order valence-corrected chi connectivity index (χ4v) is 11.9. The van der Waals surface area contributed by atoms with Crippen LogP contribution in [0.3, 0.4) is 0 Å². The number of alkyl halides is 3. The summed E-state index contributed by atoms with van der Waals surface area (Å²) in [5.74, 6) is -1.45. The summed E-state index contributed by atoms with van der Waals surface area (Å²) < 4.78 is 90.4. The Kier molecular flexibility index (Phi) is 8.42. The van der Waals surface area contributed by atoms with Gasteiger partial charge in [-0.2, -0.15) is 21.6 Å². The van der Waals surface area contributed by atoms with Crippen LogP contribution in [0.15, 0.2) is 36.5 Å². The summed E-state index contributed by atoms with van der Waals surface area (Å²) in [6.45, 7) is 12.1. The highest BCUT2D eigenvalue weighted by atomic mass is 32.2. The number of carbonyl (C=O) groups excluding carboxylic acids is 1. The molecular weight excluding hydrogens is 592 g/mol. The van der Waals surface area contributed by atoms with Crippen LogP contribution in [0.1, 0.15) is 68.6 Å². The molecule has 0 fully saturated rings. The third kappa shape index (κ3) is 5.48. The SMILES string of the molecule is CC(C)[Si](Oc1c2c(c(OS(=O)(=O)C(F)(F)F)c3cc(Cc4ccc(F)cc4)cnc13)CN(C)C2=O)(C(C)C)C(C)C. The zero-order chi connectivity index (χ0) is 31.4. The number of pyridine rings is 1. The summed E-state index contributed by atoms with van der Waals surface area (Å²) >= 11 is 0. The summed E-state index contributed by atoms with van der Waals surface area (Å²) in [4.78, 5) is 19.3. The van der Waals surface area contributed by atoms with Gasteiger partial charge in [0.2, 0.25) is 0 Å². The van der Waals surface area contributed by atoms with Crippen LogP contribution in [-0.2, 0) is 23.1 Å². The van der Waals surface area contributed by atoms with Gasteiger partial charge in [-0.3, -0.25) is 9.78 Å². The number of fused-ring (bicyclic) bond motifs is 2. The molecule has 1 amide bonds. The fraction of sp³-hybridized carbons (Fsp3) is 0.448. The molecule has 0 spiro atoms. The molecule has 1 aliphatic heterocycles. The number of nitrogens with zero attached hydrogens (tertiary/aromatic N) is 2. The van der Waals surface area contributed by atoms with Gasteiger partial charge in [0.25, 0.3) is 14.2 Å². The molecule has 0 radical (unpaired) electrons. The van der Waals surface area contributed by atoms with Crippen LogP contribution in [0.2, 0.25) is 16.6 Å². The van der Waals surface area contributed by atoms with E-state index in [1.54, 1.807) is 12.1 Å². The van der Waals surface area contributed by atoms with Gasteiger partial charge >= 0.3 is 15.6 Å². The number of halogens is 4. The first kappa shape index (κ1) is 31.7. The molecule has 0 atom stereocenters. The number of rotatable bonds is 9. The Morgan fingerprint density at radius 2 is 1.55 bits per heavy atom. The van der Waals surface area contributed by atoms with Crippen molar-refractivity contribution in [2.24, 2.45) is 0 Å². The smallest absolute Gasteiger partial charge is 0.534 e. The second-order valence-electron chi connectivity index (χ2n) is 11.6. The lowest BCUT2D eigenvalue weighted by atomic mass is 9.99. The van der Waals surface area contributed by atoms with Crippen LogP contribution in [-0.4, -0.2) is 45.1 Å². The van der Waals surface area contributed by atoms with Crippen LogP contribution >= 0.6 is 0 Å². The molecule has 0 bridgehead atoms. The Morgan fingerprint density at radius 3 is 2.07 bits per heavy atom. The van der Waals surface area contributed by atoms with Crippen molar-refractivity contribution in [1.82, 2.24) is 9.88 Å². The lowest BCUT2D eigenvalue weighted by Crippen LogP contribution is -2.51. The highest BCUT2D eigenvalue weighted by molar-refractivity contribution is 7.88. The molecule has 0 saturated heterocycles. The van der Waals surface area contributed by atoms with E-state index in [0.29, 0.717) is 11.1 Å². The molecule has 13 heteroatoms. The molecule has 0 unspecified atom stereocenters. The van der Waals surface area contributed by atoms with Gasteiger partial charge in [-0.15, -0.1) is 0 Å². The first-order valence-electron chi connectivity index (χ1n) is 13.6. The molecule has 4 rings (SSSR count). The first-order valence-corrected chi connectivity index (χ1v) is 17.1. The molecule has 2 heterocycles. The van der Waals surface area contributed by atoms with E-state index in [0.717, 1.165) is 0 Å². The number of carbonyl (C=O) groups is 1. The number of aromatic nitrogens is 1. The number of hydrogen-bond acceptors (Lipinski definition) is 6. The summed E-state index contributed by atoms with van der Waals surface area (Å²) in [5, 5.41) is -0.0292. The van der Waals surface area contributed by atoms with Gasteiger partial charge in [0.1, 0.15) is 17.1 Å². The summed E-state index contributed by atoms with van der Waals surface area (Å²) in [6.07, 6.45) is 1.71. The van der Waals surface area contributed by atoms with E-state index in [-0.39, 0.29) is 57.4 Å². The van der Waals surface area contributed by atoms with Gasteiger partial charge in [0, 0.05) is 24.2 Å². The van der Waals surface area contributed by atoms with Gasteiger partial charge in [-0.25, -0.2) is 4.39 Å². The number of amides is 1. The van der Waals surface area contributed by atoms with Crippen LogP contribution in [0.5, 0.6) is 11.5 Å². The zero-order valence-electron chi connectivity index (χ0n) is 24.5. The lowest BCUT2D eigenvalue weighted by molar-refractivity contribution is -0.0499. The molecule has 7 nitrogen and oxygen atoms in total. The Morgan fingerprint density at radius 1 is 0.976 bits per heavy atom. The predicted octanol–water partition coefficient (Wildman–Crippen LogP) is 7.33. The van der Waals surface area contributed by atoms with E-state index in [2.05, 4.69) is 4.98 Å². The average molecular weight is 627 g/mol. The highest BCUT2D eigenvalue weighted by Gasteiger charge is 2.51. The minimum atomic E-state index is -6.09. The zero-order valence-corrected chi connectivity index (χ0v) is 26.3. The van der Waals surface area contributed by atoms with Crippen molar-refractivity contribution >= 4 is 35.2 Å². The van der Waals surface area contributed by atoms with Gasteiger partial charge in [0.05, 0.1) is 12.1 Å². The third-order valence-electron chi connectivity index (χ3n) is 7.95. The number of benzene rings is 2. The van der Waals surface area contributed by atoms with Crippen molar-refractivity contribution in [1.29, 1.82) is 0 Å². The van der Waals surface area contributed by atoms with E-state index in [1.165, 1.54) is 36.3 Å². The Bertz CT molecular complexity index is 1600. The molecule has 0 aliphatic carbocycles. The van der Waals surface area contributed by atoms with Crippen LogP contribution in [0.25, 0.3) is 10.9 Å². The molecule has 3 aromatic rings. The lowest BCUT2D eigenvalue weighted by Gasteiger charge is -2.42. The van der Waals surface area contributed by atoms with E-state index < -0.39 is 41.4 Å². The molecule has 1 aliphatic rings. The normalized spacial score (nSPS) is 14.4. The van der Waals surface area contributed by atoms with E-state index in [4.69, 9.17) is 8.61 Å². The number of hydrogen-bond donors (Lipinski definition) is 0. The van der Waals surface area contributed by atoms with Gasteiger partial charge in [-0.1, -0.05) is 53.7 Å². The quantitative estimate of drug-likeness (QED) is 0.107. The van der Waals surface area contributed by atoms with Gasteiger partial charge in [0.15, 0.2) is 5.75 Å². The molecular formula is C29H34F4N2O5SSi. The second kappa shape index (κ2) is 11.1. The van der Waals surface area contributed by atoms with Gasteiger partial charge < -0.3 is 13.5 Å². The standard InChI is InChI=1S/C29H34F4N2O5SSi/c1-16(2)42(17(3)4,18(5)6)40-27-24-23(15-35(7)28(24)36)26(39-41(37,38)29(31,32)33)22-13-20(14-34-25(22)27)12-19-8-10-21(30)11-9-19/h8-11,13-14,16-18H,12,15H2,1-7H3. The molecule has 0 N–H and O–H groups in total. The van der Waals surface area contributed by atoms with Crippen molar-refractivity contribution < 1.29 is 39.4 Å². The maximum atomic E-state index is 13.5.